The van der Waals surface area contributed by atoms with Crippen molar-refractivity contribution in [3.63, 3.8) is 0 Å². The number of hydrogen-bond acceptors (Lipinski definition) is 3. The Morgan fingerprint density at radius 3 is 2.72 bits per heavy atom. The van der Waals surface area contributed by atoms with E-state index in [2.05, 4.69) is 25.9 Å². The summed E-state index contributed by atoms with van der Waals surface area (Å²) in [6.07, 6.45) is 0.968. The lowest BCUT2D eigenvalue weighted by molar-refractivity contribution is 0.480. The van der Waals surface area contributed by atoms with E-state index in [0.717, 1.165) is 28.3 Å². The summed E-state index contributed by atoms with van der Waals surface area (Å²) >= 11 is 3.43. The van der Waals surface area contributed by atoms with E-state index >= 15 is 0 Å². The van der Waals surface area contributed by atoms with Crippen LogP contribution in [0.25, 0.3) is 22.1 Å². The summed E-state index contributed by atoms with van der Waals surface area (Å²) in [5.74, 6) is 0.173. The predicted molar refractivity (Wildman–Crippen MR) is 76.2 cm³/mol. The lowest BCUT2D eigenvalue weighted by Crippen LogP contribution is -1.91. The molecule has 90 valence electrons. The van der Waals surface area contributed by atoms with Crippen molar-refractivity contribution in [3.8, 4) is 5.75 Å². The van der Waals surface area contributed by atoms with Crippen LogP contribution >= 0.6 is 15.9 Å². The number of nitrogens with zero attached hydrogens (tertiary/aromatic N) is 2. The molecular weight excluding hydrogens is 292 g/mol. The molecule has 0 aliphatic heterocycles. The molecule has 3 rings (SSSR count). The van der Waals surface area contributed by atoms with Gasteiger partial charge in [0.25, 0.3) is 0 Å². The van der Waals surface area contributed by atoms with E-state index in [9.17, 15) is 5.11 Å². The van der Waals surface area contributed by atoms with Gasteiger partial charge in [-0.15, -0.1) is 0 Å². The molecule has 0 fully saturated rings. The van der Waals surface area contributed by atoms with Crippen LogP contribution in [-0.2, 0) is 6.42 Å². The number of hydrogen-bond donors (Lipinski definition) is 1. The van der Waals surface area contributed by atoms with Gasteiger partial charge in [0.1, 0.15) is 11.3 Å². The molecule has 0 radical (unpaired) electrons. The Hall–Kier alpha value is -1.68. The summed E-state index contributed by atoms with van der Waals surface area (Å²) in [5, 5.41) is 10.7. The lowest BCUT2D eigenvalue weighted by Gasteiger charge is -2.04. The van der Waals surface area contributed by atoms with Crippen LogP contribution in [-0.4, -0.2) is 20.4 Å². The fourth-order valence-corrected chi connectivity index (χ4v) is 2.45. The number of alkyl halides is 1. The number of phenolic OH excluding ortho intramolecular Hbond substituents is 1. The molecule has 0 atom stereocenters. The largest absolute Gasteiger partial charge is 0.506 e. The van der Waals surface area contributed by atoms with Gasteiger partial charge in [0.15, 0.2) is 0 Å². The van der Waals surface area contributed by atoms with Gasteiger partial charge in [-0.25, -0.2) is 9.97 Å². The van der Waals surface area contributed by atoms with Crippen LogP contribution in [0.15, 0.2) is 36.4 Å². The first kappa shape index (κ1) is 11.4. The minimum absolute atomic E-state index is 0.173. The third-order valence-corrected chi connectivity index (χ3v) is 3.29. The number of phenols is 1. The van der Waals surface area contributed by atoms with Gasteiger partial charge in [0.2, 0.25) is 0 Å². The number of para-hydroxylation sites is 1. The number of benzene rings is 2. The summed E-state index contributed by atoms with van der Waals surface area (Å²) in [4.78, 5) is 9.00. The van der Waals surface area contributed by atoms with Gasteiger partial charge in [-0.1, -0.05) is 28.1 Å². The van der Waals surface area contributed by atoms with Crippen molar-refractivity contribution in [1.29, 1.82) is 0 Å². The van der Waals surface area contributed by atoms with Crippen molar-refractivity contribution >= 4 is 38.0 Å². The Morgan fingerprint density at radius 1 is 1.00 bits per heavy atom. The first-order chi connectivity index (χ1) is 8.78. The summed E-state index contributed by atoms with van der Waals surface area (Å²) < 4.78 is 0. The number of rotatable bonds is 2. The molecule has 4 heteroatoms. The highest BCUT2D eigenvalue weighted by Gasteiger charge is 2.05. The first-order valence-electron chi connectivity index (χ1n) is 5.72. The summed E-state index contributed by atoms with van der Waals surface area (Å²) in [6.45, 7) is 0. The number of aromatic hydroxyl groups is 1. The zero-order valence-corrected chi connectivity index (χ0v) is 11.2. The molecule has 1 aromatic heterocycles. The number of aryl methyl sites for hydroxylation is 1. The maximum absolute atomic E-state index is 9.76. The highest BCUT2D eigenvalue weighted by atomic mass is 79.9. The number of fused-ring (bicyclic) bond motifs is 2. The van der Waals surface area contributed by atoms with Gasteiger partial charge in [0, 0.05) is 5.33 Å². The fourth-order valence-electron chi connectivity index (χ4n) is 1.99. The molecule has 18 heavy (non-hydrogen) atoms. The van der Waals surface area contributed by atoms with Crippen LogP contribution in [0.2, 0.25) is 0 Å². The van der Waals surface area contributed by atoms with E-state index in [4.69, 9.17) is 0 Å². The van der Waals surface area contributed by atoms with E-state index in [1.54, 1.807) is 12.1 Å². The Labute approximate surface area is 113 Å². The molecule has 1 N–H and O–H groups in total. The van der Waals surface area contributed by atoms with Crippen molar-refractivity contribution in [2.75, 3.05) is 5.33 Å². The molecule has 0 aliphatic carbocycles. The van der Waals surface area contributed by atoms with Crippen LogP contribution in [0.1, 0.15) is 5.56 Å². The predicted octanol–water partition coefficient (Wildman–Crippen LogP) is 3.43. The third kappa shape index (κ3) is 1.93. The zero-order chi connectivity index (χ0) is 12.5. The Balaban J connectivity index is 2.28. The van der Waals surface area contributed by atoms with Crippen LogP contribution in [0, 0.1) is 0 Å². The van der Waals surface area contributed by atoms with Crippen molar-refractivity contribution in [1.82, 2.24) is 9.97 Å². The summed E-state index contributed by atoms with van der Waals surface area (Å²) in [6, 6.07) is 11.3. The molecular formula is C14H11BrN2O. The van der Waals surface area contributed by atoms with Crippen molar-refractivity contribution in [2.45, 2.75) is 6.42 Å². The van der Waals surface area contributed by atoms with Gasteiger partial charge < -0.3 is 5.11 Å². The molecule has 0 spiro atoms. The highest BCUT2D eigenvalue weighted by Crippen LogP contribution is 2.24. The van der Waals surface area contributed by atoms with Gasteiger partial charge in [-0.3, -0.25) is 0 Å². The van der Waals surface area contributed by atoms with E-state index in [1.807, 2.05) is 24.3 Å². The summed E-state index contributed by atoms with van der Waals surface area (Å²) in [7, 11) is 0. The molecule has 0 aliphatic rings. The molecule has 0 saturated carbocycles. The SMILES string of the molecule is Oc1cccc2nc3cc(CCBr)ccc3nc12. The third-order valence-electron chi connectivity index (χ3n) is 2.89. The first-order valence-corrected chi connectivity index (χ1v) is 6.84. The monoisotopic (exact) mass is 302 g/mol. The molecule has 1 heterocycles. The lowest BCUT2D eigenvalue weighted by atomic mass is 10.1. The molecule has 3 nitrogen and oxygen atoms in total. The molecule has 0 unspecified atom stereocenters. The van der Waals surface area contributed by atoms with Gasteiger partial charge in [-0.05, 0) is 36.2 Å². The van der Waals surface area contributed by atoms with Crippen molar-refractivity contribution in [3.05, 3.63) is 42.0 Å². The Kier molecular flexibility index (Phi) is 2.88. The van der Waals surface area contributed by atoms with Gasteiger partial charge in [0.05, 0.1) is 16.6 Å². The topological polar surface area (TPSA) is 46.0 Å². The zero-order valence-electron chi connectivity index (χ0n) is 9.60. The van der Waals surface area contributed by atoms with E-state index in [1.165, 1.54) is 5.56 Å². The van der Waals surface area contributed by atoms with Crippen LogP contribution < -0.4 is 0 Å². The highest BCUT2D eigenvalue weighted by molar-refractivity contribution is 9.09. The second kappa shape index (κ2) is 4.53. The molecule has 2 aromatic carbocycles. The van der Waals surface area contributed by atoms with E-state index in [-0.39, 0.29) is 5.75 Å². The van der Waals surface area contributed by atoms with Gasteiger partial charge in [-0.2, -0.15) is 0 Å². The van der Waals surface area contributed by atoms with E-state index < -0.39 is 0 Å². The smallest absolute Gasteiger partial charge is 0.143 e. The second-order valence-electron chi connectivity index (χ2n) is 4.13. The van der Waals surface area contributed by atoms with Crippen LogP contribution in [0.4, 0.5) is 0 Å². The normalized spacial score (nSPS) is 11.2. The molecule has 0 bridgehead atoms. The molecule has 3 aromatic rings. The number of aromatic nitrogens is 2. The Bertz CT molecular complexity index is 727. The van der Waals surface area contributed by atoms with E-state index in [0.29, 0.717) is 5.52 Å². The van der Waals surface area contributed by atoms with Crippen LogP contribution in [0.5, 0.6) is 5.75 Å². The average molecular weight is 303 g/mol. The molecule has 0 saturated heterocycles. The second-order valence-corrected chi connectivity index (χ2v) is 4.92. The maximum Gasteiger partial charge on any atom is 0.143 e. The van der Waals surface area contributed by atoms with Crippen molar-refractivity contribution < 1.29 is 5.11 Å². The Morgan fingerprint density at radius 2 is 1.89 bits per heavy atom. The minimum atomic E-state index is 0.173. The maximum atomic E-state index is 9.76. The van der Waals surface area contributed by atoms with Crippen LogP contribution in [0.3, 0.4) is 0 Å². The minimum Gasteiger partial charge on any atom is -0.506 e. The molecule has 0 amide bonds. The van der Waals surface area contributed by atoms with Crippen molar-refractivity contribution in [2.24, 2.45) is 0 Å². The number of halogens is 1. The summed E-state index contributed by atoms with van der Waals surface area (Å²) in [5.41, 5.74) is 4.18. The standard InChI is InChI=1S/C14H11BrN2O/c15-7-6-9-4-5-10-12(8-9)16-11-2-1-3-13(18)14(11)17-10/h1-5,8,18H,6-7H2. The fraction of sp³-hybridized carbons (Fsp3) is 0.143. The van der Waals surface area contributed by atoms with Gasteiger partial charge >= 0.3 is 0 Å². The quantitative estimate of drug-likeness (QED) is 0.583. The average Bonchev–Trinajstić information content (AvgIpc) is 2.38.